The maximum absolute atomic E-state index is 9.55. The first-order valence-electron chi connectivity index (χ1n) is 3.83. The van der Waals surface area contributed by atoms with Crippen molar-refractivity contribution in [1.29, 1.82) is 0 Å². The fourth-order valence-electron chi connectivity index (χ4n) is 1.05. The standard InChI is InChI=1S/C9H12ClNO/c1-11-6-9(12)7-4-2-3-5-8(7)10/h2-5,9,11-12H,6H2,1H3. The molecule has 0 aromatic heterocycles. The SMILES string of the molecule is CNCC(O)c1ccccc1Cl. The van der Waals surface area contributed by atoms with Gasteiger partial charge in [-0.1, -0.05) is 29.8 Å². The molecule has 0 fully saturated rings. The number of hydrogen-bond acceptors (Lipinski definition) is 2. The second-order valence-electron chi connectivity index (χ2n) is 2.59. The first-order chi connectivity index (χ1) is 5.75. The van der Waals surface area contributed by atoms with E-state index in [-0.39, 0.29) is 0 Å². The third-order valence-electron chi connectivity index (χ3n) is 1.66. The van der Waals surface area contributed by atoms with Crippen molar-refractivity contribution in [2.24, 2.45) is 0 Å². The molecule has 0 heterocycles. The minimum Gasteiger partial charge on any atom is -0.387 e. The molecule has 1 aromatic carbocycles. The zero-order valence-corrected chi connectivity index (χ0v) is 7.67. The van der Waals surface area contributed by atoms with Crippen molar-refractivity contribution in [2.45, 2.75) is 6.10 Å². The molecule has 12 heavy (non-hydrogen) atoms. The molecule has 0 spiro atoms. The number of nitrogens with one attached hydrogen (secondary N) is 1. The van der Waals surface area contributed by atoms with Crippen molar-refractivity contribution in [2.75, 3.05) is 13.6 Å². The van der Waals surface area contributed by atoms with Crippen LogP contribution in [0, 0.1) is 0 Å². The third-order valence-corrected chi connectivity index (χ3v) is 2.01. The lowest BCUT2D eigenvalue weighted by Crippen LogP contribution is -2.16. The highest BCUT2D eigenvalue weighted by Gasteiger charge is 2.08. The van der Waals surface area contributed by atoms with Crippen molar-refractivity contribution in [3.05, 3.63) is 34.9 Å². The molecule has 2 nitrogen and oxygen atoms in total. The van der Waals surface area contributed by atoms with E-state index < -0.39 is 6.10 Å². The molecule has 3 heteroatoms. The number of likely N-dealkylation sites (N-methyl/N-ethyl adjacent to an activating group) is 1. The predicted molar refractivity (Wildman–Crippen MR) is 50.3 cm³/mol. The van der Waals surface area contributed by atoms with Gasteiger partial charge >= 0.3 is 0 Å². The molecule has 1 aromatic rings. The van der Waals surface area contributed by atoms with E-state index in [0.717, 1.165) is 5.56 Å². The first kappa shape index (κ1) is 9.52. The monoisotopic (exact) mass is 185 g/mol. The lowest BCUT2D eigenvalue weighted by atomic mass is 10.1. The van der Waals surface area contributed by atoms with Crippen molar-refractivity contribution in [3.63, 3.8) is 0 Å². The van der Waals surface area contributed by atoms with Gasteiger partial charge in [-0.05, 0) is 13.1 Å². The topological polar surface area (TPSA) is 32.3 Å². The Morgan fingerprint density at radius 3 is 2.75 bits per heavy atom. The lowest BCUT2D eigenvalue weighted by Gasteiger charge is -2.11. The van der Waals surface area contributed by atoms with E-state index in [2.05, 4.69) is 5.32 Å². The van der Waals surface area contributed by atoms with Gasteiger partial charge in [0.2, 0.25) is 0 Å². The van der Waals surface area contributed by atoms with Crippen LogP contribution in [0.2, 0.25) is 5.02 Å². The Labute approximate surface area is 77.2 Å². The summed E-state index contributed by atoms with van der Waals surface area (Å²) in [5, 5.41) is 13.1. The summed E-state index contributed by atoms with van der Waals surface area (Å²) in [5.74, 6) is 0. The van der Waals surface area contributed by atoms with Crippen molar-refractivity contribution >= 4 is 11.6 Å². The number of benzene rings is 1. The summed E-state index contributed by atoms with van der Waals surface area (Å²) in [5.41, 5.74) is 0.772. The molecule has 0 aliphatic rings. The Balaban J connectivity index is 2.79. The number of aliphatic hydroxyl groups is 1. The Bertz CT molecular complexity index is 252. The molecule has 2 N–H and O–H groups in total. The second kappa shape index (κ2) is 4.45. The first-order valence-corrected chi connectivity index (χ1v) is 4.20. The fraction of sp³-hybridized carbons (Fsp3) is 0.333. The summed E-state index contributed by atoms with van der Waals surface area (Å²) in [4.78, 5) is 0. The number of halogens is 1. The molecule has 0 amide bonds. The van der Waals surface area contributed by atoms with E-state index in [1.165, 1.54) is 0 Å². The minimum atomic E-state index is -0.524. The third kappa shape index (κ3) is 2.21. The van der Waals surface area contributed by atoms with Crippen LogP contribution in [0.25, 0.3) is 0 Å². The molecule has 1 atom stereocenters. The van der Waals surface area contributed by atoms with Crippen LogP contribution in [0.5, 0.6) is 0 Å². The smallest absolute Gasteiger partial charge is 0.0928 e. The van der Waals surface area contributed by atoms with Crippen LogP contribution in [-0.4, -0.2) is 18.7 Å². The summed E-state index contributed by atoms with van der Waals surface area (Å²) in [6.45, 7) is 0.518. The average Bonchev–Trinajstić information content (AvgIpc) is 2.05. The molecular formula is C9H12ClNO. The normalized spacial score (nSPS) is 12.9. The van der Waals surface area contributed by atoms with Gasteiger partial charge in [0.05, 0.1) is 6.10 Å². The molecular weight excluding hydrogens is 174 g/mol. The van der Waals surface area contributed by atoms with E-state index in [1.54, 1.807) is 13.1 Å². The largest absolute Gasteiger partial charge is 0.387 e. The Morgan fingerprint density at radius 2 is 2.17 bits per heavy atom. The van der Waals surface area contributed by atoms with Crippen LogP contribution < -0.4 is 5.32 Å². The highest BCUT2D eigenvalue weighted by molar-refractivity contribution is 6.31. The molecule has 66 valence electrons. The summed E-state index contributed by atoms with van der Waals surface area (Å²) in [6.07, 6.45) is -0.524. The molecule has 0 aliphatic heterocycles. The van der Waals surface area contributed by atoms with Crippen molar-refractivity contribution in [3.8, 4) is 0 Å². The molecule has 1 rings (SSSR count). The number of rotatable bonds is 3. The Kier molecular flexibility index (Phi) is 3.53. The maximum atomic E-state index is 9.55. The van der Waals surface area contributed by atoms with Gasteiger partial charge < -0.3 is 10.4 Å². The summed E-state index contributed by atoms with van der Waals surface area (Å²) in [7, 11) is 1.79. The molecule has 0 bridgehead atoms. The highest BCUT2D eigenvalue weighted by atomic mass is 35.5. The van der Waals surface area contributed by atoms with E-state index in [0.29, 0.717) is 11.6 Å². The molecule has 0 radical (unpaired) electrons. The van der Waals surface area contributed by atoms with Crippen molar-refractivity contribution in [1.82, 2.24) is 5.32 Å². The van der Waals surface area contributed by atoms with Gasteiger partial charge in [0.15, 0.2) is 0 Å². The van der Waals surface area contributed by atoms with Gasteiger partial charge in [-0.25, -0.2) is 0 Å². The zero-order valence-electron chi connectivity index (χ0n) is 6.92. The summed E-state index contributed by atoms with van der Waals surface area (Å²) >= 11 is 5.87. The molecule has 0 saturated heterocycles. The van der Waals surface area contributed by atoms with Crippen LogP contribution in [0.3, 0.4) is 0 Å². The summed E-state index contributed by atoms with van der Waals surface area (Å²) < 4.78 is 0. The van der Waals surface area contributed by atoms with Gasteiger partial charge in [0.25, 0.3) is 0 Å². The van der Waals surface area contributed by atoms with E-state index in [4.69, 9.17) is 11.6 Å². The van der Waals surface area contributed by atoms with Crippen LogP contribution in [0.1, 0.15) is 11.7 Å². The van der Waals surface area contributed by atoms with E-state index >= 15 is 0 Å². The van der Waals surface area contributed by atoms with Crippen molar-refractivity contribution < 1.29 is 5.11 Å². The zero-order chi connectivity index (χ0) is 8.97. The van der Waals surface area contributed by atoms with Gasteiger partial charge in [0.1, 0.15) is 0 Å². The number of hydrogen-bond donors (Lipinski definition) is 2. The second-order valence-corrected chi connectivity index (χ2v) is 3.00. The predicted octanol–water partition coefficient (Wildman–Crippen LogP) is 1.59. The molecule has 0 saturated carbocycles. The Morgan fingerprint density at radius 1 is 1.50 bits per heavy atom. The van der Waals surface area contributed by atoms with E-state index in [1.807, 2.05) is 18.2 Å². The van der Waals surface area contributed by atoms with E-state index in [9.17, 15) is 5.11 Å². The minimum absolute atomic E-state index is 0.518. The fourth-order valence-corrected chi connectivity index (χ4v) is 1.31. The quantitative estimate of drug-likeness (QED) is 0.750. The van der Waals surface area contributed by atoms with Crippen LogP contribution in [0.15, 0.2) is 24.3 Å². The Hall–Kier alpha value is -0.570. The maximum Gasteiger partial charge on any atom is 0.0928 e. The van der Waals surface area contributed by atoms with Gasteiger partial charge in [-0.3, -0.25) is 0 Å². The average molecular weight is 186 g/mol. The van der Waals surface area contributed by atoms with Crippen LogP contribution in [0.4, 0.5) is 0 Å². The van der Waals surface area contributed by atoms with Gasteiger partial charge in [-0.15, -0.1) is 0 Å². The lowest BCUT2D eigenvalue weighted by molar-refractivity contribution is 0.178. The number of aliphatic hydroxyl groups excluding tert-OH is 1. The van der Waals surface area contributed by atoms with Gasteiger partial charge in [0, 0.05) is 17.1 Å². The molecule has 1 unspecified atom stereocenters. The van der Waals surface area contributed by atoms with Crippen LogP contribution in [-0.2, 0) is 0 Å². The molecule has 0 aliphatic carbocycles. The van der Waals surface area contributed by atoms with Gasteiger partial charge in [-0.2, -0.15) is 0 Å². The highest BCUT2D eigenvalue weighted by Crippen LogP contribution is 2.21. The van der Waals surface area contributed by atoms with Crippen LogP contribution >= 0.6 is 11.6 Å². The summed E-state index contributed by atoms with van der Waals surface area (Å²) in [6, 6.07) is 7.30.